The van der Waals surface area contributed by atoms with E-state index in [1.165, 1.54) is 0 Å². The molecular weight excluding hydrogens is 196 g/mol. The number of rotatable bonds is 1. The Balaban J connectivity index is 2.43. The van der Waals surface area contributed by atoms with Gasteiger partial charge in [-0.1, -0.05) is 0 Å². The third-order valence-corrected chi connectivity index (χ3v) is 2.12. The number of hydrogen-bond acceptors (Lipinski definition) is 3. The lowest BCUT2D eigenvalue weighted by molar-refractivity contribution is -0.128. The summed E-state index contributed by atoms with van der Waals surface area (Å²) in [4.78, 5) is 24.4. The van der Waals surface area contributed by atoms with Gasteiger partial charge in [-0.3, -0.25) is 4.79 Å². The first kappa shape index (κ1) is 11.8. The molecule has 1 atom stereocenters. The number of hydrogen-bond donors (Lipinski definition) is 1. The van der Waals surface area contributed by atoms with Gasteiger partial charge < -0.3 is 15.0 Å². The van der Waals surface area contributed by atoms with Crippen LogP contribution in [0.25, 0.3) is 0 Å². The second kappa shape index (κ2) is 4.08. The third kappa shape index (κ3) is 3.42. The molecule has 0 radical (unpaired) electrons. The van der Waals surface area contributed by atoms with Crippen molar-refractivity contribution in [3.8, 4) is 0 Å². The van der Waals surface area contributed by atoms with Crippen LogP contribution >= 0.6 is 0 Å². The molecule has 0 spiro atoms. The highest BCUT2D eigenvalue weighted by Gasteiger charge is 2.31. The van der Waals surface area contributed by atoms with Crippen molar-refractivity contribution in [3.05, 3.63) is 0 Å². The van der Waals surface area contributed by atoms with E-state index in [4.69, 9.17) is 4.74 Å². The van der Waals surface area contributed by atoms with Crippen LogP contribution in [-0.2, 0) is 9.53 Å². The van der Waals surface area contributed by atoms with E-state index in [0.29, 0.717) is 13.0 Å². The molecule has 1 rings (SSSR count). The third-order valence-electron chi connectivity index (χ3n) is 2.12. The number of nitrogens with zero attached hydrogens (tertiary/aromatic N) is 1. The minimum Gasteiger partial charge on any atom is -0.444 e. The lowest BCUT2D eigenvalue weighted by atomic mass is 10.2. The molecule has 5 nitrogen and oxygen atoms in total. The number of likely N-dealkylation sites (N-methyl/N-ethyl adjacent to an activating group) is 1. The summed E-state index contributed by atoms with van der Waals surface area (Å²) in [6.45, 7) is 6.04. The number of carbonyl (C=O) groups is 2. The molecule has 0 bridgehead atoms. The maximum absolute atomic E-state index is 11.5. The fourth-order valence-electron chi connectivity index (χ4n) is 1.41. The summed E-state index contributed by atoms with van der Waals surface area (Å²) in [6, 6.07) is -0.426. The predicted octanol–water partition coefficient (Wildman–Crippen LogP) is 0.742. The Kier molecular flexibility index (Phi) is 3.21. The predicted molar refractivity (Wildman–Crippen MR) is 55.4 cm³/mol. The SMILES string of the molecule is CN1CC[C@@H](NC(=O)OC(C)(C)C)C1=O. The van der Waals surface area contributed by atoms with Crippen LogP contribution in [0.4, 0.5) is 4.79 Å². The lowest BCUT2D eigenvalue weighted by Crippen LogP contribution is -2.43. The van der Waals surface area contributed by atoms with Crippen LogP contribution in [0.3, 0.4) is 0 Å². The molecule has 2 amide bonds. The van der Waals surface area contributed by atoms with Crippen molar-refractivity contribution in [3.63, 3.8) is 0 Å². The molecule has 0 aromatic rings. The summed E-state index contributed by atoms with van der Waals surface area (Å²) in [5, 5.41) is 2.56. The van der Waals surface area contributed by atoms with Crippen LogP contribution in [0.2, 0.25) is 0 Å². The fourth-order valence-corrected chi connectivity index (χ4v) is 1.41. The summed E-state index contributed by atoms with van der Waals surface area (Å²) in [5.41, 5.74) is -0.530. The topological polar surface area (TPSA) is 58.6 Å². The van der Waals surface area contributed by atoms with Gasteiger partial charge in [-0.15, -0.1) is 0 Å². The van der Waals surface area contributed by atoms with E-state index in [1.54, 1.807) is 32.7 Å². The van der Waals surface area contributed by atoms with Crippen LogP contribution in [-0.4, -0.2) is 42.1 Å². The van der Waals surface area contributed by atoms with E-state index >= 15 is 0 Å². The van der Waals surface area contributed by atoms with Crippen LogP contribution in [0.15, 0.2) is 0 Å². The van der Waals surface area contributed by atoms with Crippen LogP contribution in [0, 0.1) is 0 Å². The van der Waals surface area contributed by atoms with E-state index in [1.807, 2.05) is 0 Å². The van der Waals surface area contributed by atoms with Gasteiger partial charge >= 0.3 is 6.09 Å². The Bertz CT molecular complexity index is 270. The largest absolute Gasteiger partial charge is 0.444 e. The van der Waals surface area contributed by atoms with Crippen molar-refractivity contribution in [2.75, 3.05) is 13.6 Å². The molecule has 1 saturated heterocycles. The lowest BCUT2D eigenvalue weighted by Gasteiger charge is -2.21. The smallest absolute Gasteiger partial charge is 0.408 e. The van der Waals surface area contributed by atoms with Gasteiger partial charge in [-0.05, 0) is 27.2 Å². The molecule has 86 valence electrons. The molecule has 5 heteroatoms. The van der Waals surface area contributed by atoms with E-state index in [2.05, 4.69) is 5.32 Å². The van der Waals surface area contributed by atoms with Crippen molar-refractivity contribution in [1.82, 2.24) is 10.2 Å². The molecule has 15 heavy (non-hydrogen) atoms. The molecule has 0 unspecified atom stereocenters. The van der Waals surface area contributed by atoms with Crippen molar-refractivity contribution >= 4 is 12.0 Å². The first-order valence-electron chi connectivity index (χ1n) is 5.04. The second-order valence-corrected chi connectivity index (χ2v) is 4.75. The summed E-state index contributed by atoms with van der Waals surface area (Å²) >= 11 is 0. The van der Waals surface area contributed by atoms with Crippen molar-refractivity contribution < 1.29 is 14.3 Å². The molecule has 0 aromatic heterocycles. The summed E-state index contributed by atoms with van der Waals surface area (Å²) < 4.78 is 5.06. The Morgan fingerprint density at radius 1 is 1.53 bits per heavy atom. The molecule has 0 aromatic carbocycles. The highest BCUT2D eigenvalue weighted by molar-refractivity contribution is 5.87. The maximum Gasteiger partial charge on any atom is 0.408 e. The van der Waals surface area contributed by atoms with Gasteiger partial charge in [0.25, 0.3) is 0 Å². The van der Waals surface area contributed by atoms with Crippen molar-refractivity contribution in [1.29, 1.82) is 0 Å². The minimum atomic E-state index is -0.531. The number of likely N-dealkylation sites (tertiary alicyclic amines) is 1. The highest BCUT2D eigenvalue weighted by atomic mass is 16.6. The van der Waals surface area contributed by atoms with Gasteiger partial charge in [-0.2, -0.15) is 0 Å². The monoisotopic (exact) mass is 214 g/mol. The van der Waals surface area contributed by atoms with Crippen molar-refractivity contribution in [2.24, 2.45) is 0 Å². The maximum atomic E-state index is 11.5. The molecule has 1 aliphatic rings. The number of amides is 2. The second-order valence-electron chi connectivity index (χ2n) is 4.75. The Labute approximate surface area is 89.8 Å². The number of alkyl carbamates (subject to hydrolysis) is 1. The normalized spacial score (nSPS) is 21.7. The average Bonchev–Trinajstić information content (AvgIpc) is 2.32. The number of ether oxygens (including phenoxy) is 1. The van der Waals surface area contributed by atoms with E-state index in [9.17, 15) is 9.59 Å². The molecule has 0 saturated carbocycles. The average molecular weight is 214 g/mol. The molecule has 1 fully saturated rings. The van der Waals surface area contributed by atoms with E-state index < -0.39 is 17.7 Å². The van der Waals surface area contributed by atoms with Gasteiger partial charge in [0, 0.05) is 13.6 Å². The zero-order valence-electron chi connectivity index (χ0n) is 9.66. The van der Waals surface area contributed by atoms with E-state index in [0.717, 1.165) is 0 Å². The van der Waals surface area contributed by atoms with Gasteiger partial charge in [0.1, 0.15) is 11.6 Å². The zero-order chi connectivity index (χ0) is 11.6. The zero-order valence-corrected chi connectivity index (χ0v) is 9.66. The van der Waals surface area contributed by atoms with Crippen LogP contribution in [0.5, 0.6) is 0 Å². The van der Waals surface area contributed by atoms with Crippen LogP contribution < -0.4 is 5.32 Å². The molecule has 1 heterocycles. The summed E-state index contributed by atoms with van der Waals surface area (Å²) in [7, 11) is 1.72. The van der Waals surface area contributed by atoms with E-state index in [-0.39, 0.29) is 5.91 Å². The quantitative estimate of drug-likeness (QED) is 0.700. The van der Waals surface area contributed by atoms with Gasteiger partial charge in [-0.25, -0.2) is 4.79 Å². The fraction of sp³-hybridized carbons (Fsp3) is 0.800. The number of nitrogens with one attached hydrogen (secondary N) is 1. The summed E-state index contributed by atoms with van der Waals surface area (Å²) in [5.74, 6) is -0.0548. The minimum absolute atomic E-state index is 0.0548. The van der Waals surface area contributed by atoms with Gasteiger partial charge in [0.15, 0.2) is 0 Å². The standard InChI is InChI=1S/C10H18N2O3/c1-10(2,3)15-9(14)11-7-5-6-12(4)8(7)13/h7H,5-6H2,1-4H3,(H,11,14)/t7-/m1/s1. The first-order chi connectivity index (χ1) is 6.79. The summed E-state index contributed by atoms with van der Waals surface area (Å²) in [6.07, 6.45) is 0.116. The molecular formula is C10H18N2O3. The Morgan fingerprint density at radius 3 is 2.53 bits per heavy atom. The molecule has 1 N–H and O–H groups in total. The first-order valence-corrected chi connectivity index (χ1v) is 5.04. The van der Waals surface area contributed by atoms with Gasteiger partial charge in [0.05, 0.1) is 0 Å². The van der Waals surface area contributed by atoms with Crippen LogP contribution in [0.1, 0.15) is 27.2 Å². The molecule has 1 aliphatic heterocycles. The van der Waals surface area contributed by atoms with Crippen molar-refractivity contribution in [2.45, 2.75) is 38.8 Å². The number of carbonyl (C=O) groups excluding carboxylic acids is 2. The Morgan fingerprint density at radius 2 is 2.13 bits per heavy atom. The Hall–Kier alpha value is -1.26. The van der Waals surface area contributed by atoms with Gasteiger partial charge in [0.2, 0.25) is 5.91 Å². The molecule has 0 aliphatic carbocycles. The highest BCUT2D eigenvalue weighted by Crippen LogP contribution is 2.11.